The second-order valence-electron chi connectivity index (χ2n) is 4.80. The lowest BCUT2D eigenvalue weighted by Crippen LogP contribution is -2.38. The van der Waals surface area contributed by atoms with E-state index in [0.29, 0.717) is 6.54 Å². The number of aliphatic hydroxyl groups excluding tert-OH is 1. The van der Waals surface area contributed by atoms with Gasteiger partial charge in [0.2, 0.25) is 0 Å². The lowest BCUT2D eigenvalue weighted by atomic mass is 9.70. The quantitative estimate of drug-likeness (QED) is 0.822. The van der Waals surface area contributed by atoms with E-state index in [4.69, 9.17) is 5.73 Å². The number of halogens is 2. The molecular weight excluding hydrogens is 366 g/mol. The molecule has 0 saturated heterocycles. The van der Waals surface area contributed by atoms with Crippen molar-refractivity contribution in [3.05, 3.63) is 19.2 Å². The topological polar surface area (TPSA) is 46.2 Å². The van der Waals surface area contributed by atoms with Gasteiger partial charge in [-0.3, -0.25) is 0 Å². The molecule has 2 rings (SSSR count). The first kappa shape index (κ1) is 14.0. The van der Waals surface area contributed by atoms with Gasteiger partial charge in [-0.15, -0.1) is 11.3 Å². The average Bonchev–Trinajstić information content (AvgIpc) is 2.69. The van der Waals surface area contributed by atoms with Crippen LogP contribution in [0.2, 0.25) is 0 Å². The molecule has 1 fully saturated rings. The number of aliphatic hydroxyl groups is 1. The average molecular weight is 383 g/mol. The van der Waals surface area contributed by atoms with Crippen LogP contribution in [0.1, 0.15) is 43.1 Å². The Morgan fingerprint density at radius 1 is 1.35 bits per heavy atom. The normalized spacial score (nSPS) is 21.4. The summed E-state index contributed by atoms with van der Waals surface area (Å²) in [7, 11) is 0. The van der Waals surface area contributed by atoms with Gasteiger partial charge in [0.15, 0.2) is 0 Å². The highest BCUT2D eigenvalue weighted by atomic mass is 79.9. The van der Waals surface area contributed by atoms with Crippen molar-refractivity contribution in [1.82, 2.24) is 0 Å². The molecule has 0 radical (unpaired) electrons. The summed E-state index contributed by atoms with van der Waals surface area (Å²) in [5.41, 5.74) is 5.83. The first-order valence-electron chi connectivity index (χ1n) is 5.92. The zero-order chi connectivity index (χ0) is 12.5. The molecule has 3 N–H and O–H groups in total. The zero-order valence-electron chi connectivity index (χ0n) is 9.59. The molecule has 96 valence electrons. The maximum Gasteiger partial charge on any atom is 0.0950 e. The van der Waals surface area contributed by atoms with E-state index >= 15 is 0 Å². The van der Waals surface area contributed by atoms with Crippen LogP contribution in [0, 0.1) is 5.41 Å². The molecule has 1 aromatic heterocycles. The first-order valence-corrected chi connectivity index (χ1v) is 8.32. The molecule has 1 atom stereocenters. The molecule has 1 aliphatic rings. The standard InChI is InChI=1S/C12H17Br2NOS/c13-8-6-9(17-11(8)14)10(16)12(7-15)4-2-1-3-5-12/h6,10,16H,1-5,7,15H2. The van der Waals surface area contributed by atoms with Crippen LogP contribution in [0.25, 0.3) is 0 Å². The molecule has 5 heteroatoms. The molecule has 0 amide bonds. The van der Waals surface area contributed by atoms with Crippen LogP contribution in [0.5, 0.6) is 0 Å². The molecule has 0 spiro atoms. The van der Waals surface area contributed by atoms with Gasteiger partial charge in [-0.05, 0) is 50.8 Å². The lowest BCUT2D eigenvalue weighted by Gasteiger charge is -2.39. The van der Waals surface area contributed by atoms with Crippen LogP contribution in [0.4, 0.5) is 0 Å². The summed E-state index contributed by atoms with van der Waals surface area (Å²) in [6, 6.07) is 2.01. The van der Waals surface area contributed by atoms with E-state index in [1.165, 1.54) is 19.3 Å². The number of rotatable bonds is 3. The summed E-state index contributed by atoms with van der Waals surface area (Å²) < 4.78 is 2.05. The molecule has 1 aromatic rings. The van der Waals surface area contributed by atoms with Gasteiger partial charge in [-0.25, -0.2) is 0 Å². The fourth-order valence-corrected chi connectivity index (χ4v) is 4.86. The van der Waals surface area contributed by atoms with E-state index in [9.17, 15) is 5.11 Å². The van der Waals surface area contributed by atoms with Crippen molar-refractivity contribution >= 4 is 43.2 Å². The predicted molar refractivity (Wildman–Crippen MR) is 79.3 cm³/mol. The summed E-state index contributed by atoms with van der Waals surface area (Å²) in [6.45, 7) is 0.571. The fraction of sp³-hybridized carbons (Fsp3) is 0.667. The van der Waals surface area contributed by atoms with E-state index in [0.717, 1.165) is 26.0 Å². The van der Waals surface area contributed by atoms with Crippen molar-refractivity contribution in [1.29, 1.82) is 0 Å². The minimum absolute atomic E-state index is 0.109. The van der Waals surface area contributed by atoms with Gasteiger partial charge >= 0.3 is 0 Å². The Morgan fingerprint density at radius 2 is 2.00 bits per heavy atom. The Balaban J connectivity index is 2.24. The Bertz CT molecular complexity index is 368. The van der Waals surface area contributed by atoms with Gasteiger partial charge in [0.25, 0.3) is 0 Å². The maximum absolute atomic E-state index is 10.6. The second-order valence-corrected chi connectivity index (χ2v) is 8.06. The molecule has 1 unspecified atom stereocenters. The Kier molecular flexibility index (Phi) is 4.69. The molecule has 1 saturated carbocycles. The summed E-state index contributed by atoms with van der Waals surface area (Å²) in [6.07, 6.45) is 5.28. The van der Waals surface area contributed by atoms with Crippen LogP contribution in [0.3, 0.4) is 0 Å². The third-order valence-electron chi connectivity index (χ3n) is 3.77. The van der Waals surface area contributed by atoms with Crippen LogP contribution in [-0.4, -0.2) is 11.7 Å². The maximum atomic E-state index is 10.6. The van der Waals surface area contributed by atoms with Crippen molar-refractivity contribution in [2.45, 2.75) is 38.2 Å². The summed E-state index contributed by atoms with van der Waals surface area (Å²) >= 11 is 8.54. The molecule has 1 aliphatic carbocycles. The summed E-state index contributed by atoms with van der Waals surface area (Å²) in [4.78, 5) is 1.01. The minimum atomic E-state index is -0.430. The SMILES string of the molecule is NCC1(C(O)c2cc(Br)c(Br)s2)CCCCC1. The van der Waals surface area contributed by atoms with Gasteiger partial charge in [0.05, 0.1) is 9.89 Å². The van der Waals surface area contributed by atoms with Crippen molar-refractivity contribution in [3.8, 4) is 0 Å². The van der Waals surface area contributed by atoms with Crippen molar-refractivity contribution in [2.75, 3.05) is 6.54 Å². The van der Waals surface area contributed by atoms with E-state index in [-0.39, 0.29) is 5.41 Å². The third kappa shape index (κ3) is 2.78. The van der Waals surface area contributed by atoms with Crippen molar-refractivity contribution < 1.29 is 5.11 Å². The lowest BCUT2D eigenvalue weighted by molar-refractivity contribution is 0.00310. The van der Waals surface area contributed by atoms with Gasteiger partial charge in [-0.2, -0.15) is 0 Å². The number of thiophene rings is 1. The number of nitrogens with two attached hydrogens (primary N) is 1. The predicted octanol–water partition coefficient (Wildman–Crippen LogP) is 4.22. The van der Waals surface area contributed by atoms with Gasteiger partial charge < -0.3 is 10.8 Å². The van der Waals surface area contributed by atoms with Crippen molar-refractivity contribution in [3.63, 3.8) is 0 Å². The summed E-state index contributed by atoms with van der Waals surface area (Å²) in [5, 5.41) is 10.6. The fourth-order valence-electron chi connectivity index (χ4n) is 2.64. The largest absolute Gasteiger partial charge is 0.387 e. The monoisotopic (exact) mass is 381 g/mol. The van der Waals surface area contributed by atoms with Gasteiger partial charge in [0, 0.05) is 21.3 Å². The molecule has 2 nitrogen and oxygen atoms in total. The smallest absolute Gasteiger partial charge is 0.0950 e. The summed E-state index contributed by atoms with van der Waals surface area (Å²) in [5.74, 6) is 0. The third-order valence-corrected chi connectivity index (χ3v) is 7.08. The molecular formula is C12H17Br2NOS. The minimum Gasteiger partial charge on any atom is -0.387 e. The van der Waals surface area contributed by atoms with Gasteiger partial charge in [-0.1, -0.05) is 19.3 Å². The van der Waals surface area contributed by atoms with E-state index in [2.05, 4.69) is 31.9 Å². The van der Waals surface area contributed by atoms with Crippen LogP contribution < -0.4 is 5.73 Å². The zero-order valence-corrected chi connectivity index (χ0v) is 13.6. The number of hydrogen-bond acceptors (Lipinski definition) is 3. The molecule has 1 heterocycles. The highest BCUT2D eigenvalue weighted by molar-refractivity contribution is 9.13. The first-order chi connectivity index (χ1) is 8.09. The van der Waals surface area contributed by atoms with E-state index in [1.54, 1.807) is 11.3 Å². The molecule has 0 aromatic carbocycles. The van der Waals surface area contributed by atoms with Crippen LogP contribution in [0.15, 0.2) is 14.3 Å². The second kappa shape index (κ2) is 5.70. The van der Waals surface area contributed by atoms with Crippen LogP contribution >= 0.6 is 43.2 Å². The Hall–Kier alpha value is 0.580. The highest BCUT2D eigenvalue weighted by Crippen LogP contribution is 2.48. The Morgan fingerprint density at radius 3 is 2.47 bits per heavy atom. The van der Waals surface area contributed by atoms with Crippen LogP contribution in [-0.2, 0) is 0 Å². The molecule has 17 heavy (non-hydrogen) atoms. The number of hydrogen-bond donors (Lipinski definition) is 2. The van der Waals surface area contributed by atoms with E-state index in [1.807, 2.05) is 6.07 Å². The highest BCUT2D eigenvalue weighted by Gasteiger charge is 2.39. The van der Waals surface area contributed by atoms with E-state index < -0.39 is 6.10 Å². The van der Waals surface area contributed by atoms with Gasteiger partial charge in [0.1, 0.15) is 0 Å². The Labute approximate surface area is 123 Å². The molecule has 0 aliphatic heterocycles. The molecule has 0 bridgehead atoms. The van der Waals surface area contributed by atoms with Crippen molar-refractivity contribution in [2.24, 2.45) is 11.1 Å².